The van der Waals surface area contributed by atoms with Crippen molar-refractivity contribution in [2.75, 3.05) is 4.90 Å². The Kier molecular flexibility index (Phi) is 10.6. The van der Waals surface area contributed by atoms with Gasteiger partial charge in [-0.2, -0.15) is 0 Å². The highest BCUT2D eigenvalue weighted by Gasteiger charge is 2.32. The van der Waals surface area contributed by atoms with E-state index in [1.807, 2.05) is 30.4 Å². The fraction of sp³-hybridized carbons (Fsp3) is 0.0517. The van der Waals surface area contributed by atoms with Gasteiger partial charge in [0.15, 0.2) is 17.5 Å². The first-order chi connectivity index (χ1) is 31.1. The molecule has 2 aromatic heterocycles. The molecular weight excluding hydrogens is 767 g/mol. The van der Waals surface area contributed by atoms with E-state index in [2.05, 4.69) is 199 Å². The first kappa shape index (κ1) is 39.0. The van der Waals surface area contributed by atoms with Crippen LogP contribution in [-0.4, -0.2) is 19.5 Å². The quantitative estimate of drug-likeness (QED) is 0.129. The summed E-state index contributed by atoms with van der Waals surface area (Å²) in [6.45, 7) is 10.4. The van der Waals surface area contributed by atoms with Crippen molar-refractivity contribution in [1.29, 1.82) is 0 Å². The Morgan fingerprint density at radius 3 is 2.21 bits per heavy atom. The van der Waals surface area contributed by atoms with Gasteiger partial charge in [-0.1, -0.05) is 171 Å². The molecule has 0 amide bonds. The monoisotopic (exact) mass is 811 g/mol. The molecular formula is C58H45N5. The average molecular weight is 812 g/mol. The van der Waals surface area contributed by atoms with E-state index in [1.165, 1.54) is 27.2 Å². The number of nitrogens with zero attached hydrogens (tertiary/aromatic N) is 5. The number of benzene rings is 6. The third-order valence-corrected chi connectivity index (χ3v) is 11.6. The Labute approximate surface area is 368 Å². The van der Waals surface area contributed by atoms with Gasteiger partial charge in [0.1, 0.15) is 0 Å². The molecule has 302 valence electrons. The third-order valence-electron chi connectivity index (χ3n) is 11.6. The van der Waals surface area contributed by atoms with Crippen molar-refractivity contribution in [2.45, 2.75) is 19.8 Å². The summed E-state index contributed by atoms with van der Waals surface area (Å²) >= 11 is 0. The van der Waals surface area contributed by atoms with Crippen molar-refractivity contribution in [1.82, 2.24) is 19.5 Å². The maximum atomic E-state index is 5.02. The highest BCUT2D eigenvalue weighted by atomic mass is 15.2. The van der Waals surface area contributed by atoms with E-state index in [0.717, 1.165) is 74.7 Å². The van der Waals surface area contributed by atoms with E-state index >= 15 is 0 Å². The molecule has 0 saturated heterocycles. The maximum absolute atomic E-state index is 5.02. The number of aromatic nitrogens is 4. The summed E-state index contributed by atoms with van der Waals surface area (Å²) in [6.07, 6.45) is 24.2. The lowest BCUT2D eigenvalue weighted by Crippen LogP contribution is -2.16. The Bertz CT molecular complexity index is 3280. The molecule has 0 spiro atoms. The second-order valence-electron chi connectivity index (χ2n) is 15.5. The van der Waals surface area contributed by atoms with Crippen LogP contribution in [0, 0.1) is 0 Å². The molecule has 0 bridgehead atoms. The molecule has 0 saturated carbocycles. The summed E-state index contributed by atoms with van der Waals surface area (Å²) in [5.74, 6) is 1.88. The number of hydrogen-bond acceptors (Lipinski definition) is 4. The van der Waals surface area contributed by atoms with E-state index in [1.54, 1.807) is 6.08 Å². The van der Waals surface area contributed by atoms with E-state index < -0.39 is 0 Å². The van der Waals surface area contributed by atoms with Crippen LogP contribution >= 0.6 is 0 Å². The predicted octanol–water partition coefficient (Wildman–Crippen LogP) is 15.1. The molecule has 0 radical (unpaired) electrons. The van der Waals surface area contributed by atoms with E-state index in [9.17, 15) is 0 Å². The van der Waals surface area contributed by atoms with Crippen molar-refractivity contribution in [2.24, 2.45) is 0 Å². The lowest BCUT2D eigenvalue weighted by Gasteiger charge is -2.28. The molecule has 0 N–H and O–H groups in total. The van der Waals surface area contributed by atoms with Crippen molar-refractivity contribution in [3.05, 3.63) is 236 Å². The van der Waals surface area contributed by atoms with Crippen molar-refractivity contribution in [3.63, 3.8) is 0 Å². The Morgan fingerprint density at radius 2 is 1.38 bits per heavy atom. The summed E-state index contributed by atoms with van der Waals surface area (Å²) < 4.78 is 2.46. The van der Waals surface area contributed by atoms with E-state index in [-0.39, 0.29) is 0 Å². The van der Waals surface area contributed by atoms with Gasteiger partial charge in [-0.3, -0.25) is 0 Å². The third kappa shape index (κ3) is 7.19. The molecule has 63 heavy (non-hydrogen) atoms. The number of rotatable bonds is 10. The Morgan fingerprint density at radius 1 is 0.619 bits per heavy atom. The zero-order chi connectivity index (χ0) is 42.7. The fourth-order valence-electron chi connectivity index (χ4n) is 8.92. The summed E-state index contributed by atoms with van der Waals surface area (Å²) in [5.41, 5.74) is 13.9. The van der Waals surface area contributed by atoms with E-state index in [0.29, 0.717) is 17.5 Å². The average Bonchev–Trinajstić information content (AvgIpc) is 3.64. The SMILES string of the molecule is C=C/C=C\C=C\c1nc(C2=CCCC=C2)nc(-c2cccc(-c3cccc(N4C(C=C)=C(/C=C\C)c5c(c6ccc7ccccc7c6n5-c5ccccc5)-c5ccccc54)c3)c2)n1. The predicted molar refractivity (Wildman–Crippen MR) is 266 cm³/mol. The van der Waals surface area contributed by atoms with Gasteiger partial charge in [-0.05, 0) is 84.8 Å². The number of allylic oxidation sites excluding steroid dienone is 12. The highest BCUT2D eigenvalue weighted by Crippen LogP contribution is 2.52. The minimum absolute atomic E-state index is 0.596. The fourth-order valence-corrected chi connectivity index (χ4v) is 8.92. The molecule has 1 aliphatic heterocycles. The lowest BCUT2D eigenvalue weighted by atomic mass is 9.96. The summed E-state index contributed by atoms with van der Waals surface area (Å²) in [6, 6.07) is 50.0. The number of fused-ring (bicyclic) bond motifs is 7. The van der Waals surface area contributed by atoms with Crippen molar-refractivity contribution in [3.8, 4) is 39.3 Å². The largest absolute Gasteiger partial charge is 0.309 e. The van der Waals surface area contributed by atoms with Gasteiger partial charge in [0.05, 0.1) is 22.6 Å². The molecule has 0 atom stereocenters. The molecule has 0 unspecified atom stereocenters. The Balaban J connectivity index is 1.15. The van der Waals surface area contributed by atoms with Crippen LogP contribution in [0.3, 0.4) is 0 Å². The normalized spacial score (nSPS) is 13.9. The van der Waals surface area contributed by atoms with Crippen molar-refractivity contribution < 1.29 is 0 Å². The molecule has 1 aliphatic carbocycles. The molecule has 0 fully saturated rings. The first-order valence-corrected chi connectivity index (χ1v) is 21.5. The van der Waals surface area contributed by atoms with Crippen LogP contribution in [0.15, 0.2) is 219 Å². The second-order valence-corrected chi connectivity index (χ2v) is 15.5. The van der Waals surface area contributed by atoms with Crippen molar-refractivity contribution >= 4 is 50.3 Å². The van der Waals surface area contributed by atoms with Crippen LogP contribution in [0.5, 0.6) is 0 Å². The van der Waals surface area contributed by atoms with Gasteiger partial charge in [-0.15, -0.1) is 0 Å². The summed E-state index contributed by atoms with van der Waals surface area (Å²) in [5, 5.41) is 3.61. The summed E-state index contributed by atoms with van der Waals surface area (Å²) in [4.78, 5) is 17.2. The van der Waals surface area contributed by atoms with Crippen LogP contribution in [0.2, 0.25) is 0 Å². The molecule has 5 heteroatoms. The zero-order valence-corrected chi connectivity index (χ0v) is 35.2. The van der Waals surface area contributed by atoms with Gasteiger partial charge < -0.3 is 9.47 Å². The first-order valence-electron chi connectivity index (χ1n) is 21.5. The van der Waals surface area contributed by atoms with E-state index in [4.69, 9.17) is 15.0 Å². The molecule has 10 rings (SSSR count). The molecule has 8 aromatic rings. The topological polar surface area (TPSA) is 46.8 Å². The molecule has 3 heterocycles. The zero-order valence-electron chi connectivity index (χ0n) is 35.2. The van der Waals surface area contributed by atoms with Gasteiger partial charge in [0.2, 0.25) is 0 Å². The number of hydrogen-bond donors (Lipinski definition) is 0. The number of anilines is 2. The van der Waals surface area contributed by atoms with Crippen LogP contribution in [0.4, 0.5) is 11.4 Å². The van der Waals surface area contributed by atoms with Crippen LogP contribution in [0.1, 0.15) is 37.1 Å². The second kappa shape index (κ2) is 17.1. The Hall–Kier alpha value is -8.15. The molecule has 2 aliphatic rings. The molecule has 5 nitrogen and oxygen atoms in total. The minimum Gasteiger partial charge on any atom is -0.309 e. The van der Waals surface area contributed by atoms with Crippen LogP contribution < -0.4 is 4.90 Å². The van der Waals surface area contributed by atoms with Gasteiger partial charge in [0.25, 0.3) is 0 Å². The maximum Gasteiger partial charge on any atom is 0.164 e. The van der Waals surface area contributed by atoms with Gasteiger partial charge in [-0.25, -0.2) is 15.0 Å². The number of para-hydroxylation sites is 2. The summed E-state index contributed by atoms with van der Waals surface area (Å²) in [7, 11) is 0. The minimum atomic E-state index is 0.596. The molecule has 6 aromatic carbocycles. The van der Waals surface area contributed by atoms with Gasteiger partial charge >= 0.3 is 0 Å². The lowest BCUT2D eigenvalue weighted by molar-refractivity contribution is 0.990. The smallest absolute Gasteiger partial charge is 0.164 e. The van der Waals surface area contributed by atoms with Gasteiger partial charge in [0, 0.05) is 50.0 Å². The van der Waals surface area contributed by atoms with Crippen LogP contribution in [0.25, 0.3) is 78.2 Å². The highest BCUT2D eigenvalue weighted by molar-refractivity contribution is 6.17. The standard InChI is InChI=1S/C58H45N5/c1-4-7-8-15-35-53-59-57(41-24-11-9-12-25-41)61-58(60-53)44-28-20-26-42(38-44)43-27-21-31-46(39-43)62-51(6-3)49(22-5-2)56-54(48-33-18-19-34-52(48)62)50-37-36-40-23-16-17-32-47(40)55(50)63(56)45-29-13-10-14-30-45/h4-8,10-11,13-39H,1,3,9,12H2,2H3/b8-7-,22-5-,35-15+. The van der Waals surface area contributed by atoms with Crippen LogP contribution in [-0.2, 0) is 0 Å².